The van der Waals surface area contributed by atoms with E-state index in [0.717, 1.165) is 42.2 Å². The standard InChI is InChI=1S/C17H23N5/c1-5-22-13(3)14(12(2)20-22)10-21(4)11-17-18-15-8-6-7-9-16(15)19-17/h6-9H,5,10-11H2,1-4H3,(H,18,19). The number of nitrogens with zero attached hydrogens (tertiary/aromatic N) is 4. The first-order valence-corrected chi connectivity index (χ1v) is 7.73. The fourth-order valence-corrected chi connectivity index (χ4v) is 2.93. The molecule has 0 saturated carbocycles. The predicted octanol–water partition coefficient (Wildman–Crippen LogP) is 3.03. The van der Waals surface area contributed by atoms with Gasteiger partial charge in [0.25, 0.3) is 0 Å². The molecule has 0 amide bonds. The van der Waals surface area contributed by atoms with Crippen molar-refractivity contribution >= 4 is 11.0 Å². The third-order valence-electron chi connectivity index (χ3n) is 4.12. The van der Waals surface area contributed by atoms with Gasteiger partial charge in [0.15, 0.2) is 0 Å². The summed E-state index contributed by atoms with van der Waals surface area (Å²) in [5.41, 5.74) is 5.82. The molecule has 0 fully saturated rings. The van der Waals surface area contributed by atoms with Gasteiger partial charge in [-0.2, -0.15) is 5.10 Å². The van der Waals surface area contributed by atoms with Crippen LogP contribution >= 0.6 is 0 Å². The van der Waals surface area contributed by atoms with Gasteiger partial charge in [-0.1, -0.05) is 12.1 Å². The summed E-state index contributed by atoms with van der Waals surface area (Å²) in [6, 6.07) is 8.14. The number of H-pyrrole nitrogens is 1. The molecule has 0 spiro atoms. The summed E-state index contributed by atoms with van der Waals surface area (Å²) in [6.07, 6.45) is 0. The van der Waals surface area contributed by atoms with E-state index in [4.69, 9.17) is 0 Å². The van der Waals surface area contributed by atoms with Crippen molar-refractivity contribution in [2.75, 3.05) is 7.05 Å². The van der Waals surface area contributed by atoms with E-state index in [9.17, 15) is 0 Å². The zero-order valence-electron chi connectivity index (χ0n) is 13.7. The molecule has 22 heavy (non-hydrogen) atoms. The average molecular weight is 297 g/mol. The van der Waals surface area contributed by atoms with E-state index in [1.807, 2.05) is 18.2 Å². The minimum absolute atomic E-state index is 0.796. The van der Waals surface area contributed by atoms with Gasteiger partial charge >= 0.3 is 0 Å². The van der Waals surface area contributed by atoms with Crippen LogP contribution in [0.1, 0.15) is 29.7 Å². The lowest BCUT2D eigenvalue weighted by atomic mass is 10.2. The van der Waals surface area contributed by atoms with Crippen LogP contribution in [0.5, 0.6) is 0 Å². The average Bonchev–Trinajstić information content (AvgIpc) is 3.01. The number of rotatable bonds is 5. The van der Waals surface area contributed by atoms with Crippen molar-refractivity contribution in [3.8, 4) is 0 Å². The Labute approximate surface area is 131 Å². The smallest absolute Gasteiger partial charge is 0.121 e. The van der Waals surface area contributed by atoms with Crippen LogP contribution in [0.3, 0.4) is 0 Å². The van der Waals surface area contributed by atoms with Crippen LogP contribution in [-0.4, -0.2) is 31.7 Å². The largest absolute Gasteiger partial charge is 0.341 e. The molecule has 0 radical (unpaired) electrons. The lowest BCUT2D eigenvalue weighted by Crippen LogP contribution is -2.19. The Morgan fingerprint density at radius 1 is 1.18 bits per heavy atom. The molecule has 5 nitrogen and oxygen atoms in total. The quantitative estimate of drug-likeness (QED) is 0.787. The van der Waals surface area contributed by atoms with E-state index in [1.54, 1.807) is 0 Å². The van der Waals surface area contributed by atoms with E-state index < -0.39 is 0 Å². The Kier molecular flexibility index (Phi) is 3.98. The molecule has 0 atom stereocenters. The van der Waals surface area contributed by atoms with Crippen molar-refractivity contribution in [3.05, 3.63) is 47.0 Å². The molecule has 1 aromatic carbocycles. The van der Waals surface area contributed by atoms with Crippen LogP contribution in [-0.2, 0) is 19.6 Å². The van der Waals surface area contributed by atoms with Crippen molar-refractivity contribution < 1.29 is 0 Å². The minimum atomic E-state index is 0.796. The van der Waals surface area contributed by atoms with Gasteiger partial charge in [-0.3, -0.25) is 9.58 Å². The van der Waals surface area contributed by atoms with Crippen LogP contribution < -0.4 is 0 Å². The number of fused-ring (bicyclic) bond motifs is 1. The monoisotopic (exact) mass is 297 g/mol. The van der Waals surface area contributed by atoms with Gasteiger partial charge in [-0.05, 0) is 40.0 Å². The van der Waals surface area contributed by atoms with Crippen LogP contribution in [0.25, 0.3) is 11.0 Å². The van der Waals surface area contributed by atoms with Crippen LogP contribution in [0.2, 0.25) is 0 Å². The summed E-state index contributed by atoms with van der Waals surface area (Å²) in [4.78, 5) is 10.3. The van der Waals surface area contributed by atoms with Crippen LogP contribution in [0, 0.1) is 13.8 Å². The Balaban J connectivity index is 1.75. The molecule has 0 aliphatic carbocycles. The highest BCUT2D eigenvalue weighted by Gasteiger charge is 2.13. The highest BCUT2D eigenvalue weighted by molar-refractivity contribution is 5.74. The minimum Gasteiger partial charge on any atom is -0.341 e. The number of para-hydroxylation sites is 2. The molecule has 0 aliphatic heterocycles. The maximum atomic E-state index is 4.64. The molecule has 0 bridgehead atoms. The number of nitrogens with one attached hydrogen (secondary N) is 1. The molecule has 1 N–H and O–H groups in total. The summed E-state index contributed by atoms with van der Waals surface area (Å²) in [7, 11) is 2.12. The third-order valence-corrected chi connectivity index (χ3v) is 4.12. The Bertz CT molecular complexity index is 751. The van der Waals surface area contributed by atoms with E-state index in [-0.39, 0.29) is 0 Å². The second-order valence-corrected chi connectivity index (χ2v) is 5.84. The molecule has 0 aliphatic rings. The number of hydrogen-bond donors (Lipinski definition) is 1. The van der Waals surface area contributed by atoms with Crippen molar-refractivity contribution in [1.82, 2.24) is 24.6 Å². The van der Waals surface area contributed by atoms with Gasteiger partial charge in [0, 0.05) is 24.3 Å². The Hall–Kier alpha value is -2.14. The van der Waals surface area contributed by atoms with Crippen molar-refractivity contribution in [1.29, 1.82) is 0 Å². The van der Waals surface area contributed by atoms with Gasteiger partial charge in [-0.25, -0.2) is 4.98 Å². The number of aryl methyl sites for hydroxylation is 2. The summed E-state index contributed by atoms with van der Waals surface area (Å²) >= 11 is 0. The van der Waals surface area contributed by atoms with Gasteiger partial charge in [0.05, 0.1) is 23.3 Å². The Morgan fingerprint density at radius 2 is 1.95 bits per heavy atom. The third kappa shape index (κ3) is 2.76. The maximum Gasteiger partial charge on any atom is 0.121 e. The molecular formula is C17H23N5. The lowest BCUT2D eigenvalue weighted by Gasteiger charge is -2.15. The normalized spacial score (nSPS) is 11.7. The van der Waals surface area contributed by atoms with Gasteiger partial charge < -0.3 is 4.98 Å². The van der Waals surface area contributed by atoms with Crippen molar-refractivity contribution in [2.45, 2.75) is 40.4 Å². The summed E-state index contributed by atoms with van der Waals surface area (Å²) in [6.45, 7) is 8.96. The molecule has 2 heterocycles. The van der Waals surface area contributed by atoms with Crippen LogP contribution in [0.4, 0.5) is 0 Å². The molecular weight excluding hydrogens is 274 g/mol. The zero-order valence-corrected chi connectivity index (χ0v) is 13.7. The summed E-state index contributed by atoms with van der Waals surface area (Å²) in [5, 5.41) is 4.59. The number of hydrogen-bond acceptors (Lipinski definition) is 3. The zero-order chi connectivity index (χ0) is 15.7. The van der Waals surface area contributed by atoms with Gasteiger partial charge in [0.2, 0.25) is 0 Å². The highest BCUT2D eigenvalue weighted by atomic mass is 15.3. The number of benzene rings is 1. The molecule has 2 aromatic heterocycles. The number of imidazole rings is 1. The van der Waals surface area contributed by atoms with Gasteiger partial charge in [-0.15, -0.1) is 0 Å². The van der Waals surface area contributed by atoms with Crippen molar-refractivity contribution in [2.24, 2.45) is 0 Å². The first-order chi connectivity index (χ1) is 10.6. The molecule has 5 heteroatoms. The lowest BCUT2D eigenvalue weighted by molar-refractivity contribution is 0.310. The summed E-state index contributed by atoms with van der Waals surface area (Å²) in [5.74, 6) is 1.00. The number of aromatic amines is 1. The first kappa shape index (κ1) is 14.8. The fraction of sp³-hybridized carbons (Fsp3) is 0.412. The second kappa shape index (κ2) is 5.93. The highest BCUT2D eigenvalue weighted by Crippen LogP contribution is 2.17. The van der Waals surface area contributed by atoms with Crippen LogP contribution in [0.15, 0.2) is 24.3 Å². The Morgan fingerprint density at radius 3 is 2.64 bits per heavy atom. The second-order valence-electron chi connectivity index (χ2n) is 5.84. The van der Waals surface area contributed by atoms with Gasteiger partial charge in [0.1, 0.15) is 5.82 Å². The van der Waals surface area contributed by atoms with E-state index in [1.165, 1.54) is 11.3 Å². The molecule has 0 saturated heterocycles. The summed E-state index contributed by atoms with van der Waals surface area (Å²) < 4.78 is 2.07. The fourth-order valence-electron chi connectivity index (χ4n) is 2.93. The molecule has 116 valence electrons. The first-order valence-electron chi connectivity index (χ1n) is 7.73. The topological polar surface area (TPSA) is 49.7 Å². The SMILES string of the molecule is CCn1nc(C)c(CN(C)Cc2nc3ccccc3[nH]2)c1C. The molecule has 3 rings (SSSR count). The molecule has 0 unspecified atom stereocenters. The van der Waals surface area contributed by atoms with E-state index in [2.05, 4.69) is 58.5 Å². The van der Waals surface area contributed by atoms with E-state index >= 15 is 0 Å². The van der Waals surface area contributed by atoms with Crippen molar-refractivity contribution in [3.63, 3.8) is 0 Å². The molecule has 3 aromatic rings. The maximum absolute atomic E-state index is 4.64. The number of aromatic nitrogens is 4. The predicted molar refractivity (Wildman–Crippen MR) is 88.6 cm³/mol. The van der Waals surface area contributed by atoms with E-state index in [0.29, 0.717) is 0 Å².